The molecule has 0 atom stereocenters. The second-order valence-corrected chi connectivity index (χ2v) is 4.66. The number of aryl methyl sites for hydroxylation is 1. The van der Waals surface area contributed by atoms with Crippen LogP contribution in [-0.2, 0) is 4.79 Å². The van der Waals surface area contributed by atoms with E-state index in [4.69, 9.17) is 5.53 Å². The zero-order chi connectivity index (χ0) is 13.0. The average Bonchev–Trinajstić information content (AvgIpc) is 2.87. The molecule has 1 aromatic carbocycles. The normalized spacial score (nSPS) is 15.2. The van der Waals surface area contributed by atoms with Gasteiger partial charge in [-0.15, -0.1) is 0 Å². The van der Waals surface area contributed by atoms with Gasteiger partial charge in [0.15, 0.2) is 0 Å². The minimum Gasteiger partial charge on any atom is -0.326 e. The van der Waals surface area contributed by atoms with Crippen molar-refractivity contribution in [1.29, 1.82) is 0 Å². The van der Waals surface area contributed by atoms with Crippen LogP contribution in [0, 0.1) is 12.8 Å². The van der Waals surface area contributed by atoms with Crippen LogP contribution in [0.5, 0.6) is 0 Å². The molecule has 0 aromatic heterocycles. The van der Waals surface area contributed by atoms with Crippen LogP contribution >= 0.6 is 0 Å². The standard InChI is InChI=1S/C13H16N4O/c1-9-6-7-11(8-12(9)16-17-14)15-13(18)10-4-2-3-5-10/h6-8,10H,2-5H2,1H3,(H,15,18). The number of anilines is 1. The molecule has 5 nitrogen and oxygen atoms in total. The van der Waals surface area contributed by atoms with Gasteiger partial charge in [0.25, 0.3) is 0 Å². The van der Waals surface area contributed by atoms with Gasteiger partial charge in [0.1, 0.15) is 0 Å². The molecule has 1 aliphatic rings. The summed E-state index contributed by atoms with van der Waals surface area (Å²) in [4.78, 5) is 14.7. The van der Waals surface area contributed by atoms with Gasteiger partial charge < -0.3 is 5.32 Å². The average molecular weight is 244 g/mol. The zero-order valence-corrected chi connectivity index (χ0v) is 10.4. The Hall–Kier alpha value is -2.00. The highest BCUT2D eigenvalue weighted by Crippen LogP contribution is 2.27. The first-order valence-electron chi connectivity index (χ1n) is 6.17. The van der Waals surface area contributed by atoms with E-state index >= 15 is 0 Å². The molecule has 5 heteroatoms. The fourth-order valence-electron chi connectivity index (χ4n) is 2.28. The number of rotatable bonds is 3. The van der Waals surface area contributed by atoms with Crippen molar-refractivity contribution in [2.45, 2.75) is 32.6 Å². The third-order valence-electron chi connectivity index (χ3n) is 3.36. The van der Waals surface area contributed by atoms with Gasteiger partial charge in [-0.2, -0.15) is 0 Å². The van der Waals surface area contributed by atoms with Gasteiger partial charge >= 0.3 is 0 Å². The number of benzene rings is 1. The second-order valence-electron chi connectivity index (χ2n) is 4.66. The van der Waals surface area contributed by atoms with Crippen LogP contribution in [0.4, 0.5) is 11.4 Å². The van der Waals surface area contributed by atoms with E-state index in [1.165, 1.54) is 0 Å². The van der Waals surface area contributed by atoms with Crippen molar-refractivity contribution in [3.63, 3.8) is 0 Å². The van der Waals surface area contributed by atoms with E-state index < -0.39 is 0 Å². The van der Waals surface area contributed by atoms with Crippen LogP contribution in [0.3, 0.4) is 0 Å². The molecule has 18 heavy (non-hydrogen) atoms. The molecule has 1 saturated carbocycles. The Morgan fingerprint density at radius 2 is 2.17 bits per heavy atom. The lowest BCUT2D eigenvalue weighted by molar-refractivity contribution is -0.119. The summed E-state index contributed by atoms with van der Waals surface area (Å²) < 4.78 is 0. The lowest BCUT2D eigenvalue weighted by Crippen LogP contribution is -2.20. The van der Waals surface area contributed by atoms with Crippen molar-refractivity contribution in [2.75, 3.05) is 5.32 Å². The monoisotopic (exact) mass is 244 g/mol. The molecule has 0 heterocycles. The largest absolute Gasteiger partial charge is 0.326 e. The summed E-state index contributed by atoms with van der Waals surface area (Å²) in [6.45, 7) is 1.87. The number of carbonyl (C=O) groups excluding carboxylic acids is 1. The van der Waals surface area contributed by atoms with E-state index in [1.807, 2.05) is 19.1 Å². The van der Waals surface area contributed by atoms with Crippen LogP contribution < -0.4 is 5.32 Å². The predicted octanol–water partition coefficient (Wildman–Crippen LogP) is 4.07. The SMILES string of the molecule is Cc1ccc(NC(=O)C2CCCC2)cc1N=[N+]=[N-]. The summed E-state index contributed by atoms with van der Waals surface area (Å²) in [5.74, 6) is 0.206. The summed E-state index contributed by atoms with van der Waals surface area (Å²) in [6.07, 6.45) is 4.22. The molecule has 0 bridgehead atoms. The van der Waals surface area contributed by atoms with E-state index in [0.717, 1.165) is 31.2 Å². The van der Waals surface area contributed by atoms with Crippen molar-refractivity contribution in [1.82, 2.24) is 0 Å². The highest BCUT2D eigenvalue weighted by molar-refractivity contribution is 5.93. The minimum absolute atomic E-state index is 0.0724. The third kappa shape index (κ3) is 2.81. The van der Waals surface area contributed by atoms with E-state index in [1.54, 1.807) is 6.07 Å². The molecule has 1 aromatic rings. The zero-order valence-electron chi connectivity index (χ0n) is 10.4. The van der Waals surface area contributed by atoms with E-state index in [9.17, 15) is 4.79 Å². The minimum atomic E-state index is 0.0724. The third-order valence-corrected chi connectivity index (χ3v) is 3.36. The predicted molar refractivity (Wildman–Crippen MR) is 70.6 cm³/mol. The first-order chi connectivity index (χ1) is 8.70. The topological polar surface area (TPSA) is 77.9 Å². The first-order valence-corrected chi connectivity index (χ1v) is 6.17. The number of hydrogen-bond acceptors (Lipinski definition) is 2. The molecule has 0 unspecified atom stereocenters. The molecule has 0 saturated heterocycles. The van der Waals surface area contributed by atoms with E-state index in [0.29, 0.717) is 11.4 Å². The van der Waals surface area contributed by atoms with E-state index in [-0.39, 0.29) is 11.8 Å². The van der Waals surface area contributed by atoms with Crippen molar-refractivity contribution in [3.8, 4) is 0 Å². The molecule has 2 rings (SSSR count). The molecular weight excluding hydrogens is 228 g/mol. The molecule has 1 amide bonds. The Labute approximate surface area is 106 Å². The van der Waals surface area contributed by atoms with Crippen LogP contribution in [0.25, 0.3) is 10.4 Å². The molecule has 1 aliphatic carbocycles. The van der Waals surface area contributed by atoms with Gasteiger partial charge in [-0.3, -0.25) is 4.79 Å². The highest BCUT2D eigenvalue weighted by atomic mass is 16.1. The summed E-state index contributed by atoms with van der Waals surface area (Å²) in [5, 5.41) is 6.49. The Morgan fingerprint density at radius 3 is 2.83 bits per heavy atom. The smallest absolute Gasteiger partial charge is 0.227 e. The lowest BCUT2D eigenvalue weighted by atomic mass is 10.1. The molecule has 94 valence electrons. The van der Waals surface area contributed by atoms with Gasteiger partial charge in [0, 0.05) is 22.2 Å². The molecule has 0 spiro atoms. The Bertz CT molecular complexity index is 500. The van der Waals surface area contributed by atoms with E-state index in [2.05, 4.69) is 15.3 Å². The Balaban J connectivity index is 2.11. The molecular formula is C13H16N4O. The molecule has 1 N–H and O–H groups in total. The summed E-state index contributed by atoms with van der Waals surface area (Å²) in [7, 11) is 0. The maximum atomic E-state index is 12.0. The molecule has 0 aliphatic heterocycles. The first kappa shape index (κ1) is 12.5. The van der Waals surface area contributed by atoms with Crippen molar-refractivity contribution >= 4 is 17.3 Å². The number of nitrogens with one attached hydrogen (secondary N) is 1. The van der Waals surface area contributed by atoms with Gasteiger partial charge in [-0.25, -0.2) is 0 Å². The number of carbonyl (C=O) groups is 1. The Kier molecular flexibility index (Phi) is 3.85. The maximum absolute atomic E-state index is 12.0. The summed E-state index contributed by atoms with van der Waals surface area (Å²) in [5.41, 5.74) is 10.6. The van der Waals surface area contributed by atoms with Crippen LogP contribution in [0.15, 0.2) is 23.3 Å². The molecule has 1 fully saturated rings. The van der Waals surface area contributed by atoms with Gasteiger partial charge in [-0.05, 0) is 43.0 Å². The summed E-state index contributed by atoms with van der Waals surface area (Å²) >= 11 is 0. The van der Waals surface area contributed by atoms with Crippen molar-refractivity contribution in [3.05, 3.63) is 34.2 Å². The fraction of sp³-hybridized carbons (Fsp3) is 0.462. The number of nitrogens with zero attached hydrogens (tertiary/aromatic N) is 3. The highest BCUT2D eigenvalue weighted by Gasteiger charge is 2.22. The van der Waals surface area contributed by atoms with Crippen molar-refractivity contribution in [2.24, 2.45) is 11.0 Å². The van der Waals surface area contributed by atoms with Crippen LogP contribution in [0.2, 0.25) is 0 Å². The van der Waals surface area contributed by atoms with Gasteiger partial charge in [-0.1, -0.05) is 24.0 Å². The number of hydrogen-bond donors (Lipinski definition) is 1. The van der Waals surface area contributed by atoms with Gasteiger partial charge in [0.05, 0.1) is 0 Å². The summed E-state index contributed by atoms with van der Waals surface area (Å²) in [6, 6.07) is 5.38. The number of amides is 1. The number of azide groups is 1. The Morgan fingerprint density at radius 1 is 1.44 bits per heavy atom. The lowest BCUT2D eigenvalue weighted by Gasteiger charge is -2.11. The van der Waals surface area contributed by atoms with Crippen LogP contribution in [-0.4, -0.2) is 5.91 Å². The van der Waals surface area contributed by atoms with Crippen LogP contribution in [0.1, 0.15) is 31.2 Å². The maximum Gasteiger partial charge on any atom is 0.227 e. The second kappa shape index (κ2) is 5.56. The van der Waals surface area contributed by atoms with Crippen molar-refractivity contribution < 1.29 is 4.79 Å². The molecule has 0 radical (unpaired) electrons. The quantitative estimate of drug-likeness (QED) is 0.485. The fourth-order valence-corrected chi connectivity index (χ4v) is 2.28. The van der Waals surface area contributed by atoms with Gasteiger partial charge in [0.2, 0.25) is 5.91 Å².